The Balaban J connectivity index is 2.84. The predicted molar refractivity (Wildman–Crippen MR) is 59.6 cm³/mol. The minimum Gasteiger partial charge on any atom is -0.354 e. The molecule has 0 aromatic carbocycles. The Hall–Kier alpha value is -1.34. The summed E-state index contributed by atoms with van der Waals surface area (Å²) in [4.78, 5) is 5.53. The number of hydrogen-bond acceptors (Lipinski definition) is 4. The molecule has 0 saturated heterocycles. The van der Waals surface area contributed by atoms with Gasteiger partial charge >= 0.3 is 6.18 Å². The van der Waals surface area contributed by atoms with Crippen LogP contribution in [-0.4, -0.2) is 31.2 Å². The highest BCUT2D eigenvalue weighted by molar-refractivity contribution is 5.39. The van der Waals surface area contributed by atoms with Gasteiger partial charge in [-0.25, -0.2) is 4.98 Å². The van der Waals surface area contributed by atoms with E-state index in [1.165, 1.54) is 6.07 Å². The summed E-state index contributed by atoms with van der Waals surface area (Å²) in [6.07, 6.45) is -3.55. The lowest BCUT2D eigenvalue weighted by Crippen LogP contribution is -2.34. The molecule has 0 spiro atoms. The van der Waals surface area contributed by atoms with Crippen LogP contribution in [0.15, 0.2) is 18.3 Å². The lowest BCUT2D eigenvalue weighted by molar-refractivity contribution is -0.137. The van der Waals surface area contributed by atoms with Gasteiger partial charge in [-0.2, -0.15) is 13.2 Å². The predicted octanol–water partition coefficient (Wildman–Crippen LogP) is 0.824. The second-order valence-corrected chi connectivity index (χ2v) is 3.47. The second kappa shape index (κ2) is 5.83. The molecule has 0 radical (unpaired) electrons. The zero-order valence-electron chi connectivity index (χ0n) is 9.24. The molecule has 0 unspecified atom stereocenters. The summed E-state index contributed by atoms with van der Waals surface area (Å²) in [5.74, 6) is 0.453. The van der Waals surface area contributed by atoms with Crippen molar-refractivity contribution in [3.8, 4) is 0 Å². The lowest BCUT2D eigenvalue weighted by atomic mass is 10.2. The molecule has 96 valence electrons. The molecule has 0 saturated carbocycles. The molecule has 0 aliphatic heterocycles. The van der Waals surface area contributed by atoms with Gasteiger partial charge in [0.1, 0.15) is 5.82 Å². The van der Waals surface area contributed by atoms with Crippen LogP contribution in [0.1, 0.15) is 5.56 Å². The molecule has 0 amide bonds. The van der Waals surface area contributed by atoms with E-state index in [1.54, 1.807) is 4.90 Å². The fraction of sp³-hybridized carbons (Fsp3) is 0.500. The van der Waals surface area contributed by atoms with E-state index in [-0.39, 0.29) is 0 Å². The Bertz CT molecular complexity index is 330. The quantitative estimate of drug-likeness (QED) is 0.809. The van der Waals surface area contributed by atoms with Crippen molar-refractivity contribution in [2.24, 2.45) is 11.5 Å². The van der Waals surface area contributed by atoms with Crippen LogP contribution in [0.2, 0.25) is 0 Å². The average molecular weight is 248 g/mol. The van der Waals surface area contributed by atoms with E-state index in [4.69, 9.17) is 11.5 Å². The van der Waals surface area contributed by atoms with Crippen LogP contribution in [0.4, 0.5) is 19.0 Å². The van der Waals surface area contributed by atoms with Crippen molar-refractivity contribution in [2.45, 2.75) is 6.18 Å². The normalized spacial score (nSPS) is 11.6. The molecule has 0 aliphatic carbocycles. The van der Waals surface area contributed by atoms with Crippen LogP contribution >= 0.6 is 0 Å². The minimum absolute atomic E-state index is 0.392. The fourth-order valence-electron chi connectivity index (χ4n) is 1.39. The SMILES string of the molecule is NCCN(CCN)c1ccc(C(F)(F)F)cn1. The Labute approximate surface area is 97.4 Å². The van der Waals surface area contributed by atoms with Crippen LogP contribution in [-0.2, 0) is 6.18 Å². The second-order valence-electron chi connectivity index (χ2n) is 3.47. The molecule has 0 atom stereocenters. The number of halogens is 3. The number of anilines is 1. The molecule has 0 aliphatic rings. The maximum absolute atomic E-state index is 12.3. The topological polar surface area (TPSA) is 68.2 Å². The highest BCUT2D eigenvalue weighted by Crippen LogP contribution is 2.29. The van der Waals surface area contributed by atoms with Gasteiger partial charge in [-0.3, -0.25) is 0 Å². The van der Waals surface area contributed by atoms with Gasteiger partial charge in [0.15, 0.2) is 0 Å². The summed E-state index contributed by atoms with van der Waals surface area (Å²) in [6.45, 7) is 1.80. The highest BCUT2D eigenvalue weighted by Gasteiger charge is 2.30. The van der Waals surface area contributed by atoms with Crippen molar-refractivity contribution in [1.82, 2.24) is 4.98 Å². The molecular formula is C10H15F3N4. The lowest BCUT2D eigenvalue weighted by Gasteiger charge is -2.22. The van der Waals surface area contributed by atoms with Gasteiger partial charge in [-0.15, -0.1) is 0 Å². The number of alkyl halides is 3. The first-order valence-corrected chi connectivity index (χ1v) is 5.17. The number of pyridine rings is 1. The summed E-state index contributed by atoms with van der Waals surface area (Å²) in [7, 11) is 0. The molecule has 0 fully saturated rings. The average Bonchev–Trinajstić information content (AvgIpc) is 2.28. The van der Waals surface area contributed by atoms with Crippen LogP contribution in [0, 0.1) is 0 Å². The van der Waals surface area contributed by atoms with Crippen LogP contribution < -0.4 is 16.4 Å². The Morgan fingerprint density at radius 1 is 1.12 bits per heavy atom. The minimum atomic E-state index is -4.36. The first-order valence-electron chi connectivity index (χ1n) is 5.17. The molecule has 1 rings (SSSR count). The van der Waals surface area contributed by atoms with Crippen LogP contribution in [0.5, 0.6) is 0 Å². The van der Waals surface area contributed by atoms with E-state index < -0.39 is 11.7 Å². The number of hydrogen-bond donors (Lipinski definition) is 2. The molecule has 1 heterocycles. The molecule has 0 bridgehead atoms. The van der Waals surface area contributed by atoms with E-state index in [2.05, 4.69) is 4.98 Å². The standard InChI is InChI=1S/C10H15F3N4/c11-10(12,13)8-1-2-9(16-7-8)17(5-3-14)6-4-15/h1-2,7H,3-6,14-15H2. The molecule has 4 N–H and O–H groups in total. The maximum Gasteiger partial charge on any atom is 0.417 e. The van der Waals surface area contributed by atoms with E-state index in [1.807, 2.05) is 0 Å². The number of nitrogens with zero attached hydrogens (tertiary/aromatic N) is 2. The zero-order valence-corrected chi connectivity index (χ0v) is 9.24. The zero-order chi connectivity index (χ0) is 12.9. The van der Waals surface area contributed by atoms with Crippen LogP contribution in [0.25, 0.3) is 0 Å². The Morgan fingerprint density at radius 2 is 1.71 bits per heavy atom. The monoisotopic (exact) mass is 248 g/mol. The molecule has 4 nitrogen and oxygen atoms in total. The largest absolute Gasteiger partial charge is 0.417 e. The fourth-order valence-corrected chi connectivity index (χ4v) is 1.39. The van der Waals surface area contributed by atoms with Gasteiger partial charge in [-0.05, 0) is 12.1 Å². The summed E-state index contributed by atoms with van der Waals surface area (Å²) >= 11 is 0. The van der Waals surface area contributed by atoms with Gasteiger partial charge in [0, 0.05) is 32.4 Å². The van der Waals surface area contributed by atoms with E-state index >= 15 is 0 Å². The molecule has 17 heavy (non-hydrogen) atoms. The third-order valence-corrected chi connectivity index (χ3v) is 2.20. The maximum atomic E-state index is 12.3. The summed E-state index contributed by atoms with van der Waals surface area (Å²) in [6, 6.07) is 2.33. The Morgan fingerprint density at radius 3 is 2.06 bits per heavy atom. The van der Waals surface area contributed by atoms with Crippen molar-refractivity contribution in [2.75, 3.05) is 31.1 Å². The summed E-state index contributed by atoms with van der Waals surface area (Å²) < 4.78 is 37.0. The first kappa shape index (κ1) is 13.7. The number of rotatable bonds is 5. The van der Waals surface area contributed by atoms with Crippen LogP contribution in [0.3, 0.4) is 0 Å². The van der Waals surface area contributed by atoms with E-state index in [0.29, 0.717) is 32.0 Å². The third kappa shape index (κ3) is 3.86. The van der Waals surface area contributed by atoms with Crippen molar-refractivity contribution in [3.63, 3.8) is 0 Å². The van der Waals surface area contributed by atoms with E-state index in [0.717, 1.165) is 12.3 Å². The molecule has 7 heteroatoms. The van der Waals surface area contributed by atoms with Crippen molar-refractivity contribution < 1.29 is 13.2 Å². The number of nitrogens with two attached hydrogens (primary N) is 2. The summed E-state index contributed by atoms with van der Waals surface area (Å²) in [5, 5.41) is 0. The van der Waals surface area contributed by atoms with E-state index in [9.17, 15) is 13.2 Å². The molecule has 1 aromatic rings. The Kier molecular flexibility index (Phi) is 4.71. The van der Waals surface area contributed by atoms with Crippen molar-refractivity contribution in [1.29, 1.82) is 0 Å². The smallest absolute Gasteiger partial charge is 0.354 e. The van der Waals surface area contributed by atoms with Gasteiger partial charge in [0.2, 0.25) is 0 Å². The van der Waals surface area contributed by atoms with Crippen molar-refractivity contribution in [3.05, 3.63) is 23.9 Å². The molecular weight excluding hydrogens is 233 g/mol. The van der Waals surface area contributed by atoms with Gasteiger partial charge < -0.3 is 16.4 Å². The van der Waals surface area contributed by atoms with Gasteiger partial charge in [-0.1, -0.05) is 0 Å². The van der Waals surface area contributed by atoms with Gasteiger partial charge in [0.25, 0.3) is 0 Å². The first-order chi connectivity index (χ1) is 7.99. The molecule has 1 aromatic heterocycles. The third-order valence-electron chi connectivity index (χ3n) is 2.20. The highest BCUT2D eigenvalue weighted by atomic mass is 19.4. The summed E-state index contributed by atoms with van der Waals surface area (Å²) in [5.41, 5.74) is 10.0. The van der Waals surface area contributed by atoms with Crippen molar-refractivity contribution >= 4 is 5.82 Å². The van der Waals surface area contributed by atoms with Gasteiger partial charge in [0.05, 0.1) is 5.56 Å². The number of aromatic nitrogens is 1.